The molecule has 1 fully saturated rings. The highest BCUT2D eigenvalue weighted by atomic mass is 32.2. The fraction of sp³-hybridized carbons (Fsp3) is 0.615. The lowest BCUT2D eigenvalue weighted by Crippen LogP contribution is -2.55. The third-order valence-corrected chi connectivity index (χ3v) is 4.65. The van der Waals surface area contributed by atoms with Crippen LogP contribution in [0.4, 0.5) is 0 Å². The summed E-state index contributed by atoms with van der Waals surface area (Å²) in [6.45, 7) is 2.62. The van der Waals surface area contributed by atoms with Crippen LogP contribution in [0.1, 0.15) is 32.6 Å². The first-order chi connectivity index (χ1) is 9.16. The van der Waals surface area contributed by atoms with Crippen molar-refractivity contribution in [3.8, 4) is 0 Å². The summed E-state index contributed by atoms with van der Waals surface area (Å²) >= 11 is 1.63. The lowest BCUT2D eigenvalue weighted by Gasteiger charge is -2.37. The van der Waals surface area contributed by atoms with Crippen LogP contribution >= 0.6 is 11.8 Å². The molecule has 1 heterocycles. The zero-order valence-electron chi connectivity index (χ0n) is 11.0. The lowest BCUT2D eigenvalue weighted by atomic mass is 9.81. The highest BCUT2D eigenvalue weighted by Gasteiger charge is 2.42. The Bertz CT molecular complexity index is 425. The maximum atomic E-state index is 11.6. The Morgan fingerprint density at radius 2 is 2.47 bits per heavy atom. The molecule has 0 spiro atoms. The average Bonchev–Trinajstić information content (AvgIpc) is 2.40. The first-order valence-electron chi connectivity index (χ1n) is 6.57. The number of aliphatic carboxylic acids is 1. The molecule has 0 aliphatic heterocycles. The van der Waals surface area contributed by atoms with Crippen molar-refractivity contribution in [1.82, 2.24) is 15.3 Å². The van der Waals surface area contributed by atoms with Crippen LogP contribution in [0.3, 0.4) is 0 Å². The number of nitrogens with zero attached hydrogens (tertiary/aromatic N) is 2. The monoisotopic (exact) mass is 281 g/mol. The summed E-state index contributed by atoms with van der Waals surface area (Å²) in [7, 11) is 0. The van der Waals surface area contributed by atoms with Crippen molar-refractivity contribution in [2.75, 3.05) is 6.54 Å². The number of thioether (sulfide) groups is 1. The van der Waals surface area contributed by atoms with Crippen LogP contribution in [-0.4, -0.2) is 38.4 Å². The summed E-state index contributed by atoms with van der Waals surface area (Å²) in [5, 5.41) is 13.8. The van der Waals surface area contributed by atoms with Crippen LogP contribution < -0.4 is 5.32 Å². The van der Waals surface area contributed by atoms with E-state index in [4.69, 9.17) is 0 Å². The maximum absolute atomic E-state index is 11.6. The van der Waals surface area contributed by atoms with E-state index < -0.39 is 11.5 Å². The second-order valence-electron chi connectivity index (χ2n) is 4.80. The fourth-order valence-electron chi connectivity index (χ4n) is 2.61. The minimum atomic E-state index is -0.771. The van der Waals surface area contributed by atoms with E-state index in [1.165, 1.54) is 0 Å². The van der Waals surface area contributed by atoms with E-state index in [1.54, 1.807) is 30.4 Å². The number of carboxylic acid groups (broad SMARTS) is 1. The molecule has 2 rings (SSSR count). The predicted molar refractivity (Wildman–Crippen MR) is 74.2 cm³/mol. The fourth-order valence-corrected chi connectivity index (χ4v) is 3.85. The van der Waals surface area contributed by atoms with Gasteiger partial charge >= 0.3 is 5.97 Å². The molecule has 1 aromatic rings. The molecular formula is C13H19N3O2S. The molecule has 19 heavy (non-hydrogen) atoms. The highest BCUT2D eigenvalue weighted by Crippen LogP contribution is 2.37. The third kappa shape index (κ3) is 3.45. The van der Waals surface area contributed by atoms with Crippen molar-refractivity contribution in [1.29, 1.82) is 0 Å². The molecule has 1 aliphatic rings. The molecule has 104 valence electrons. The number of carboxylic acids is 1. The molecule has 0 amide bonds. The Hall–Kier alpha value is -1.14. The van der Waals surface area contributed by atoms with Gasteiger partial charge in [0.15, 0.2) is 0 Å². The minimum absolute atomic E-state index is 0.278. The summed E-state index contributed by atoms with van der Waals surface area (Å²) in [5.74, 6) is -0.737. The highest BCUT2D eigenvalue weighted by molar-refractivity contribution is 7.99. The van der Waals surface area contributed by atoms with E-state index in [1.807, 2.05) is 6.92 Å². The Morgan fingerprint density at radius 3 is 3.11 bits per heavy atom. The largest absolute Gasteiger partial charge is 0.480 e. The average molecular weight is 281 g/mol. The van der Waals surface area contributed by atoms with Crippen molar-refractivity contribution in [2.45, 2.75) is 48.4 Å². The van der Waals surface area contributed by atoms with Gasteiger partial charge in [-0.05, 0) is 32.2 Å². The zero-order chi connectivity index (χ0) is 13.7. The van der Waals surface area contributed by atoms with Crippen LogP contribution in [0.15, 0.2) is 23.6 Å². The first-order valence-corrected chi connectivity index (χ1v) is 7.45. The maximum Gasteiger partial charge on any atom is 0.323 e. The number of carbonyl (C=O) groups is 1. The van der Waals surface area contributed by atoms with E-state index in [0.717, 1.165) is 17.9 Å². The minimum Gasteiger partial charge on any atom is -0.480 e. The third-order valence-electron chi connectivity index (χ3n) is 3.46. The Balaban J connectivity index is 2.05. The molecule has 5 nitrogen and oxygen atoms in total. The normalized spacial score (nSPS) is 27.1. The van der Waals surface area contributed by atoms with E-state index >= 15 is 0 Å². The molecule has 1 saturated carbocycles. The molecule has 1 aliphatic carbocycles. The van der Waals surface area contributed by atoms with Gasteiger partial charge in [0, 0.05) is 17.6 Å². The number of hydrogen-bond donors (Lipinski definition) is 2. The summed E-state index contributed by atoms with van der Waals surface area (Å²) < 4.78 is 0. The van der Waals surface area contributed by atoms with Gasteiger partial charge in [0.05, 0.1) is 6.20 Å². The summed E-state index contributed by atoms with van der Waals surface area (Å²) in [6, 6.07) is 0. The standard InChI is InChI=1S/C13H19N3O2S/c1-2-16-13(12(17)18)5-3-4-10(8-13)19-11-9-14-6-7-15-11/h6-7,9-10,16H,2-5,8H2,1H3,(H,17,18). The van der Waals surface area contributed by atoms with Gasteiger partial charge in [-0.1, -0.05) is 6.92 Å². The van der Waals surface area contributed by atoms with E-state index in [-0.39, 0.29) is 5.25 Å². The van der Waals surface area contributed by atoms with Gasteiger partial charge in [0.1, 0.15) is 10.6 Å². The van der Waals surface area contributed by atoms with Crippen molar-refractivity contribution >= 4 is 17.7 Å². The van der Waals surface area contributed by atoms with Crippen LogP contribution in [0.25, 0.3) is 0 Å². The Labute approximate surface area is 117 Å². The van der Waals surface area contributed by atoms with Crippen molar-refractivity contribution < 1.29 is 9.90 Å². The number of likely N-dealkylation sites (N-methyl/N-ethyl adjacent to an activating group) is 1. The zero-order valence-corrected chi connectivity index (χ0v) is 11.8. The molecule has 0 radical (unpaired) electrons. The van der Waals surface area contributed by atoms with Crippen LogP contribution in [-0.2, 0) is 4.79 Å². The van der Waals surface area contributed by atoms with Gasteiger partial charge in [-0.3, -0.25) is 9.78 Å². The summed E-state index contributed by atoms with van der Waals surface area (Å²) in [4.78, 5) is 19.9. The first kappa shape index (κ1) is 14.3. The molecule has 2 atom stereocenters. The molecule has 6 heteroatoms. The van der Waals surface area contributed by atoms with Gasteiger partial charge in [0.25, 0.3) is 0 Å². The number of hydrogen-bond acceptors (Lipinski definition) is 5. The second kappa shape index (κ2) is 6.34. The molecule has 0 aromatic carbocycles. The van der Waals surface area contributed by atoms with Crippen molar-refractivity contribution in [3.05, 3.63) is 18.6 Å². The van der Waals surface area contributed by atoms with E-state index in [2.05, 4.69) is 15.3 Å². The Kier molecular flexibility index (Phi) is 4.76. The smallest absolute Gasteiger partial charge is 0.323 e. The quantitative estimate of drug-likeness (QED) is 0.859. The molecule has 2 unspecified atom stereocenters. The number of rotatable bonds is 5. The number of nitrogens with one attached hydrogen (secondary N) is 1. The van der Waals surface area contributed by atoms with Gasteiger partial charge in [-0.25, -0.2) is 4.98 Å². The molecule has 2 N–H and O–H groups in total. The van der Waals surface area contributed by atoms with E-state index in [0.29, 0.717) is 19.4 Å². The van der Waals surface area contributed by atoms with Gasteiger partial charge in [-0.15, -0.1) is 11.8 Å². The van der Waals surface area contributed by atoms with Crippen LogP contribution in [0.5, 0.6) is 0 Å². The van der Waals surface area contributed by atoms with Crippen molar-refractivity contribution in [3.63, 3.8) is 0 Å². The Morgan fingerprint density at radius 1 is 1.63 bits per heavy atom. The van der Waals surface area contributed by atoms with E-state index in [9.17, 15) is 9.90 Å². The van der Waals surface area contributed by atoms with Gasteiger partial charge in [-0.2, -0.15) is 0 Å². The molecular weight excluding hydrogens is 262 g/mol. The van der Waals surface area contributed by atoms with Crippen molar-refractivity contribution in [2.24, 2.45) is 0 Å². The second-order valence-corrected chi connectivity index (χ2v) is 6.12. The van der Waals surface area contributed by atoms with Gasteiger partial charge < -0.3 is 10.4 Å². The predicted octanol–water partition coefficient (Wildman–Crippen LogP) is 1.94. The summed E-state index contributed by atoms with van der Waals surface area (Å²) in [5.41, 5.74) is -0.771. The molecule has 0 saturated heterocycles. The van der Waals surface area contributed by atoms with Crippen LogP contribution in [0.2, 0.25) is 0 Å². The molecule has 0 bridgehead atoms. The topological polar surface area (TPSA) is 75.1 Å². The lowest BCUT2D eigenvalue weighted by molar-refractivity contribution is -0.146. The summed E-state index contributed by atoms with van der Waals surface area (Å²) in [6.07, 6.45) is 8.34. The number of aromatic nitrogens is 2. The SMILES string of the molecule is CCNC1(C(=O)O)CCCC(Sc2cnccn2)C1. The van der Waals surface area contributed by atoms with Crippen LogP contribution in [0, 0.1) is 0 Å². The van der Waals surface area contributed by atoms with Gasteiger partial charge in [0.2, 0.25) is 0 Å². The molecule has 1 aromatic heterocycles.